The van der Waals surface area contributed by atoms with E-state index in [4.69, 9.17) is 60.8 Å². The SMILES string of the molecule is C=CCC(=C)/C=C/C[C@@](C)(O)[C@H]1O[C@@H]2C[C@@H]3O[C@@H]4C[C@@H]5O[C@@H]6C[C@@H]7O[C@@H]8C[C@@H]9O[C@@H]%10C[C@@H]%11O[C@](C)(CCOS(=O)(=O)O)[C@@H](OS(=O)(=O)O)C[C@H]%11O[C@H]%10C[C@H]9O[C@H]8CC[C@@]7(C)O[C@@]6(C)C[C@H](C)[C@H]5O[C@H]4[C@@H](O)[C@@]3(C)O[C@H]2CC1=C. The Kier molecular flexibility index (Phi) is 15.6. The Labute approximate surface area is 458 Å². The van der Waals surface area contributed by atoms with Crippen LogP contribution >= 0.6 is 0 Å². The topological polar surface area (TPSA) is 269 Å². The molecule has 0 saturated carbocycles. The number of fused-ring (bicyclic) bond motifs is 10. The fraction of sp³-hybridized carbons (Fsp3) is 0.855. The van der Waals surface area contributed by atoms with Gasteiger partial charge in [0.25, 0.3) is 0 Å². The minimum absolute atomic E-state index is 0.00267. The lowest BCUT2D eigenvalue weighted by molar-refractivity contribution is -0.362. The van der Waals surface area contributed by atoms with Crippen LogP contribution in [0.2, 0.25) is 0 Å². The van der Waals surface area contributed by atoms with Crippen molar-refractivity contribution in [2.24, 2.45) is 5.92 Å². The van der Waals surface area contributed by atoms with Crippen molar-refractivity contribution in [1.29, 1.82) is 0 Å². The molecule has 78 heavy (non-hydrogen) atoms. The van der Waals surface area contributed by atoms with E-state index in [-0.39, 0.29) is 67.6 Å². The highest BCUT2D eigenvalue weighted by atomic mass is 32.3. The predicted molar refractivity (Wildman–Crippen MR) is 276 cm³/mol. The van der Waals surface area contributed by atoms with Gasteiger partial charge in [-0.1, -0.05) is 43.9 Å². The van der Waals surface area contributed by atoms with Crippen LogP contribution in [0.25, 0.3) is 0 Å². The summed E-state index contributed by atoms with van der Waals surface area (Å²) < 4.78 is 151. The Balaban J connectivity index is 0.738. The first-order valence-corrected chi connectivity index (χ1v) is 30.9. The zero-order valence-electron chi connectivity index (χ0n) is 45.6. The smallest absolute Gasteiger partial charge is 0.387 e. The molecule has 11 saturated heterocycles. The number of aliphatic hydroxyl groups is 2. The number of ether oxygens (including phenoxy) is 11. The van der Waals surface area contributed by atoms with E-state index in [0.717, 1.165) is 11.1 Å². The molecule has 11 rings (SSSR count). The molecule has 0 unspecified atom stereocenters. The Bertz CT molecular complexity index is 2540. The summed E-state index contributed by atoms with van der Waals surface area (Å²) in [5.41, 5.74) is -3.53. The van der Waals surface area contributed by atoms with Gasteiger partial charge in [-0.2, -0.15) is 16.8 Å². The van der Waals surface area contributed by atoms with E-state index in [1.54, 1.807) is 13.0 Å². The fourth-order valence-electron chi connectivity index (χ4n) is 15.6. The Morgan fingerprint density at radius 1 is 0.718 bits per heavy atom. The fourth-order valence-corrected chi connectivity index (χ4v) is 16.4. The third-order valence-electron chi connectivity index (χ3n) is 19.5. The van der Waals surface area contributed by atoms with Crippen molar-refractivity contribution in [3.8, 4) is 0 Å². The molecule has 0 bridgehead atoms. The molecule has 26 atom stereocenters. The molecule has 4 N–H and O–H groups in total. The van der Waals surface area contributed by atoms with Crippen molar-refractivity contribution in [3.63, 3.8) is 0 Å². The molecule has 0 aromatic heterocycles. The molecule has 11 heterocycles. The first-order valence-electron chi connectivity index (χ1n) is 28.1. The molecule has 23 heteroatoms. The third-order valence-corrected chi connectivity index (χ3v) is 20.5. The minimum Gasteiger partial charge on any atom is -0.387 e. The minimum atomic E-state index is -4.95. The van der Waals surface area contributed by atoms with Gasteiger partial charge in [-0.3, -0.25) is 9.11 Å². The molecule has 11 fully saturated rings. The van der Waals surface area contributed by atoms with Crippen LogP contribution in [0.5, 0.6) is 0 Å². The van der Waals surface area contributed by atoms with Gasteiger partial charge in [-0.25, -0.2) is 8.37 Å². The molecule has 21 nitrogen and oxygen atoms in total. The first kappa shape index (κ1) is 58.0. The van der Waals surface area contributed by atoms with Gasteiger partial charge in [0.05, 0.1) is 127 Å². The van der Waals surface area contributed by atoms with Gasteiger partial charge in [-0.15, -0.1) is 6.58 Å². The van der Waals surface area contributed by atoms with Crippen LogP contribution in [0.1, 0.15) is 131 Å². The number of rotatable bonds is 12. The summed E-state index contributed by atoms with van der Waals surface area (Å²) in [6.07, 6.45) is 1.72. The highest BCUT2D eigenvalue weighted by molar-refractivity contribution is 7.81. The van der Waals surface area contributed by atoms with E-state index in [2.05, 4.69) is 44.7 Å². The van der Waals surface area contributed by atoms with Crippen LogP contribution in [-0.2, 0) is 81.3 Å². The monoisotopic (exact) mass is 1140 g/mol. The number of allylic oxidation sites excluding steroid dienone is 3. The lowest BCUT2D eigenvalue weighted by Crippen LogP contribution is -2.73. The molecule has 440 valence electrons. The first-order chi connectivity index (χ1) is 36.5. The average Bonchev–Trinajstić information content (AvgIpc) is 3.55. The van der Waals surface area contributed by atoms with E-state index >= 15 is 0 Å². The zero-order chi connectivity index (χ0) is 55.7. The summed E-state index contributed by atoms with van der Waals surface area (Å²) in [6, 6.07) is 0. The van der Waals surface area contributed by atoms with Crippen LogP contribution in [0.4, 0.5) is 0 Å². The average molecular weight is 1140 g/mol. The molecule has 0 aliphatic carbocycles. The van der Waals surface area contributed by atoms with Crippen LogP contribution in [0.15, 0.2) is 49.1 Å². The van der Waals surface area contributed by atoms with Crippen LogP contribution in [0, 0.1) is 5.92 Å². The normalized spacial score (nSPS) is 50.8. The molecule has 11 aliphatic rings. The second-order valence-electron chi connectivity index (χ2n) is 25.6. The van der Waals surface area contributed by atoms with Gasteiger partial charge in [0.15, 0.2) is 0 Å². The summed E-state index contributed by atoms with van der Waals surface area (Å²) >= 11 is 0. The van der Waals surface area contributed by atoms with E-state index in [1.165, 1.54) is 6.92 Å². The van der Waals surface area contributed by atoms with Gasteiger partial charge >= 0.3 is 20.8 Å². The van der Waals surface area contributed by atoms with Crippen molar-refractivity contribution < 1.29 is 96.6 Å². The number of hydrogen-bond acceptors (Lipinski definition) is 19. The summed E-state index contributed by atoms with van der Waals surface area (Å²) in [4.78, 5) is 0. The van der Waals surface area contributed by atoms with Crippen molar-refractivity contribution in [2.75, 3.05) is 6.61 Å². The molecule has 0 amide bonds. The van der Waals surface area contributed by atoms with Gasteiger partial charge in [0.2, 0.25) is 0 Å². The maximum atomic E-state index is 12.3. The maximum absolute atomic E-state index is 12.3. The molecular formula is C55H82O21S2. The van der Waals surface area contributed by atoms with E-state index in [1.807, 2.05) is 19.1 Å². The lowest BCUT2D eigenvalue weighted by Gasteiger charge is -2.59. The van der Waals surface area contributed by atoms with Crippen LogP contribution < -0.4 is 0 Å². The summed E-state index contributed by atoms with van der Waals surface area (Å²) in [5, 5.41) is 24.0. The Hall–Kier alpha value is -1.82. The second kappa shape index (κ2) is 21.1. The van der Waals surface area contributed by atoms with Crippen LogP contribution in [0.3, 0.4) is 0 Å². The third kappa shape index (κ3) is 11.2. The van der Waals surface area contributed by atoms with Crippen molar-refractivity contribution in [3.05, 3.63) is 49.1 Å². The molecule has 0 radical (unpaired) electrons. The Morgan fingerprint density at radius 2 is 1.31 bits per heavy atom. The van der Waals surface area contributed by atoms with Gasteiger partial charge in [-0.05, 0) is 84.6 Å². The zero-order valence-corrected chi connectivity index (χ0v) is 47.3. The van der Waals surface area contributed by atoms with Crippen molar-refractivity contribution >= 4 is 20.8 Å². The Morgan fingerprint density at radius 3 is 1.99 bits per heavy atom. The second-order valence-corrected chi connectivity index (χ2v) is 27.7. The van der Waals surface area contributed by atoms with Gasteiger partial charge < -0.3 is 62.3 Å². The molecule has 11 aliphatic heterocycles. The van der Waals surface area contributed by atoms with Gasteiger partial charge in [0.1, 0.15) is 30.0 Å². The quantitative estimate of drug-likeness (QED) is 0.113. The lowest BCUT2D eigenvalue weighted by atomic mass is 9.73. The highest BCUT2D eigenvalue weighted by Crippen LogP contribution is 2.55. The number of aliphatic hydroxyl groups excluding tert-OH is 1. The molecular weight excluding hydrogens is 1060 g/mol. The predicted octanol–water partition coefficient (Wildman–Crippen LogP) is 5.06. The highest BCUT2D eigenvalue weighted by Gasteiger charge is 2.66. The maximum Gasteiger partial charge on any atom is 0.397 e. The van der Waals surface area contributed by atoms with E-state index < -0.39 is 129 Å². The van der Waals surface area contributed by atoms with Crippen molar-refractivity contribution in [2.45, 2.75) is 282 Å². The van der Waals surface area contributed by atoms with E-state index in [0.29, 0.717) is 77.0 Å². The molecule has 0 spiro atoms. The number of hydrogen-bond donors (Lipinski definition) is 4. The standard InChI is InChI=1S/C55H82O21S2/c1-10-12-28(2)13-11-15-51(5,57)50-29(3)19-39-38(71-50)25-46-55(9,74-39)49(56)48-42(70-46)23-41-47(72-48)30(4)27-54(8)44(69-41)26-43-53(7,76-54)16-14-31-32(68-43)20-34-33(65-31)21-35-36(66-34)22-40-37(67-35)24-45(75-78(61,62)63)52(6,73-40)17-18-64-77(58,59)60/h10-11,13,30-50,56-57H,1-3,12,14-27H2,4-9H3,(H,58,59,60)(H,61,62,63)/b13-11+/t30-,31-,32+,33+,34-,35-,36+,37+,38+,39-,40-,41-,42+,43-,44+,45-,46-,47+,48+,49+,50-,51+,52+,53+,54-,55-/m0/s1. The van der Waals surface area contributed by atoms with Crippen molar-refractivity contribution in [1.82, 2.24) is 0 Å². The molecule has 0 aromatic carbocycles. The summed E-state index contributed by atoms with van der Waals surface area (Å²) in [5.74, 6) is -0.0120. The molecule has 0 aromatic rings. The summed E-state index contributed by atoms with van der Waals surface area (Å²) in [7, 11) is -9.73. The van der Waals surface area contributed by atoms with Gasteiger partial charge in [0, 0.05) is 51.4 Å². The van der Waals surface area contributed by atoms with Crippen LogP contribution in [-0.4, -0.2) is 193 Å². The largest absolute Gasteiger partial charge is 0.397 e. The summed E-state index contributed by atoms with van der Waals surface area (Å²) in [6.45, 7) is 23.2. The van der Waals surface area contributed by atoms with E-state index in [9.17, 15) is 31.6 Å².